The van der Waals surface area contributed by atoms with Gasteiger partial charge in [0.2, 0.25) is 70.9 Å². The number of nitrogens with one attached hydrogen (secondary N) is 11. The molecule has 1 aromatic carbocycles. The molecular formula is C60H98FN15O20S4. The van der Waals surface area contributed by atoms with Gasteiger partial charge >= 0.3 is 5.97 Å². The average Bonchev–Trinajstić information content (AvgIpc) is 0.892. The van der Waals surface area contributed by atoms with E-state index in [0.717, 1.165) is 23.5 Å². The molecule has 40 heteroatoms. The number of rotatable bonds is 50. The third-order valence-corrected chi connectivity index (χ3v) is 17.4. The summed E-state index contributed by atoms with van der Waals surface area (Å²) in [6, 6.07) is -0.219. The Bertz CT molecular complexity index is 2710. The number of aliphatic carboxylic acids is 1. The van der Waals surface area contributed by atoms with Gasteiger partial charge in [0, 0.05) is 49.2 Å². The lowest BCUT2D eigenvalue weighted by atomic mass is 10.0. The molecule has 0 saturated carbocycles. The van der Waals surface area contributed by atoms with Gasteiger partial charge in [0.1, 0.15) is 49.5 Å². The molecule has 12 amide bonds. The Balaban J connectivity index is 1.99. The fraction of sp³-hybridized carbons (Fsp3) is 0.667. The van der Waals surface area contributed by atoms with E-state index in [2.05, 4.69) is 63.5 Å². The number of ether oxygens (including phenoxy) is 6. The van der Waals surface area contributed by atoms with Gasteiger partial charge in [0.25, 0.3) is 0 Å². The van der Waals surface area contributed by atoms with Gasteiger partial charge in [0.05, 0.1) is 104 Å². The van der Waals surface area contributed by atoms with E-state index < -0.39 is 147 Å². The molecule has 1 fully saturated rings. The second-order valence-corrected chi connectivity index (χ2v) is 26.0. The Kier molecular flexibility index (Phi) is 50.0. The van der Waals surface area contributed by atoms with Crippen molar-refractivity contribution in [1.29, 1.82) is 0 Å². The largest absolute Gasteiger partial charge is 0.481 e. The highest BCUT2D eigenvalue weighted by molar-refractivity contribution is 8.16. The summed E-state index contributed by atoms with van der Waals surface area (Å²) in [6.45, 7) is 1.29. The van der Waals surface area contributed by atoms with Gasteiger partial charge in [-0.05, 0) is 56.1 Å². The normalized spacial score (nSPS) is 16.8. The minimum atomic E-state index is -1.79. The first-order valence-electron chi connectivity index (χ1n) is 32.1. The highest BCUT2D eigenvalue weighted by Gasteiger charge is 2.34. The van der Waals surface area contributed by atoms with Crippen molar-refractivity contribution in [3.05, 3.63) is 35.9 Å². The van der Waals surface area contributed by atoms with Crippen molar-refractivity contribution in [2.75, 3.05) is 165 Å². The Morgan fingerprint density at radius 3 is 1.86 bits per heavy atom. The summed E-state index contributed by atoms with van der Waals surface area (Å²) in [5.41, 5.74) is 16.8. The number of carbonyl (C=O) groups is 13. The number of hydrogen-bond acceptors (Lipinski definition) is 24. The molecule has 0 radical (unpaired) electrons. The lowest BCUT2D eigenvalue weighted by molar-refractivity contribution is -0.141. The van der Waals surface area contributed by atoms with Gasteiger partial charge in [-0.15, -0.1) is 23.5 Å². The molecule has 1 heterocycles. The first-order valence-corrected chi connectivity index (χ1v) is 37.0. The number of carboxylic acid groups (broad SMARTS) is 1. The van der Waals surface area contributed by atoms with Crippen molar-refractivity contribution in [2.45, 2.75) is 87.6 Å². The van der Waals surface area contributed by atoms with Crippen LogP contribution in [0.3, 0.4) is 0 Å². The van der Waals surface area contributed by atoms with Crippen molar-refractivity contribution in [1.82, 2.24) is 58.5 Å². The number of amides is 12. The zero-order chi connectivity index (χ0) is 73.6. The van der Waals surface area contributed by atoms with Gasteiger partial charge in [-0.2, -0.15) is 23.5 Å². The molecule has 35 nitrogen and oxygen atoms in total. The van der Waals surface area contributed by atoms with Crippen molar-refractivity contribution in [3.63, 3.8) is 0 Å². The zero-order valence-electron chi connectivity index (χ0n) is 56.1. The van der Waals surface area contributed by atoms with E-state index in [0.29, 0.717) is 89.3 Å². The van der Waals surface area contributed by atoms with Gasteiger partial charge in [-0.1, -0.05) is 30.3 Å². The molecule has 0 aliphatic carbocycles. The molecule has 6 atom stereocenters. The summed E-state index contributed by atoms with van der Waals surface area (Å²) in [6.07, 6.45) is 1.65. The summed E-state index contributed by atoms with van der Waals surface area (Å²) < 4.78 is 44.6. The fourth-order valence-electron chi connectivity index (χ4n) is 8.45. The third kappa shape index (κ3) is 45.5. The van der Waals surface area contributed by atoms with E-state index in [4.69, 9.17) is 45.6 Å². The topological polar surface area (TPSA) is 520 Å². The molecule has 0 bridgehead atoms. The molecule has 18 N–H and O–H groups in total. The van der Waals surface area contributed by atoms with Gasteiger partial charge in [-0.3, -0.25) is 71.7 Å². The van der Waals surface area contributed by atoms with E-state index in [1.807, 2.05) is 0 Å². The standard InChI is InChI=1S/C60H98FN15O20S4/c1-97-37-52(82)71-42(11-5-6-14-65-49(79)33-96-34-50(80)66-16-18-91-20-22-93-24-26-95-27-25-94-23-21-92-19-17-67-51(81)38-98-28-8-13-61)56(87)75-45-35-99-39-100-36-46(59(90)74-43(55(86)69-31-47(62)77)29-40-9-3-2-4-10-40)76-57(88)44(30-53(83)84)72-48(78)32-70-54(85)41(73-58(45)89)12-7-15-68-60(63)64/h2-4,9-10,41-46H,5-8,11-39H2,1H3,(H2,62,77)(H,65,79)(H,66,80)(H,67,81)(H,69,86)(H,70,85)(H,71,82)(H,72,78)(H,73,89)(H,74,90)(H,75,87)(H,76,88)(H,83,84)(H4,63,64,68)/t41-,42-,43-,44-,45-,46-/m0/s1. The fourth-order valence-corrected chi connectivity index (χ4v) is 11.7. The number of thioether (sulfide) groups is 4. The minimum absolute atomic E-state index is 0.0131. The number of nitrogens with zero attached hydrogens (tertiary/aromatic N) is 1. The monoisotopic (exact) mass is 1500 g/mol. The van der Waals surface area contributed by atoms with Gasteiger partial charge in [-0.25, -0.2) is 0 Å². The van der Waals surface area contributed by atoms with Gasteiger partial charge in [0.15, 0.2) is 5.96 Å². The average molecular weight is 1500 g/mol. The Labute approximate surface area is 596 Å². The summed E-state index contributed by atoms with van der Waals surface area (Å²) in [5.74, 6) is -10.3. The highest BCUT2D eigenvalue weighted by atomic mass is 32.2. The van der Waals surface area contributed by atoms with Gasteiger partial charge < -0.3 is 109 Å². The molecule has 2 rings (SSSR count). The Morgan fingerprint density at radius 2 is 1.26 bits per heavy atom. The summed E-state index contributed by atoms with van der Waals surface area (Å²) in [7, 11) is 0. The number of benzene rings is 1. The molecule has 0 aromatic heterocycles. The molecule has 564 valence electrons. The predicted octanol–water partition coefficient (Wildman–Crippen LogP) is -5.10. The molecular weight excluding hydrogens is 1400 g/mol. The maximum atomic E-state index is 14.3. The number of unbranched alkanes of at least 4 members (excludes halogenated alkanes) is 1. The van der Waals surface area contributed by atoms with Crippen molar-refractivity contribution in [2.24, 2.45) is 22.2 Å². The molecule has 100 heavy (non-hydrogen) atoms. The number of nitrogens with two attached hydrogens (primary N) is 3. The van der Waals surface area contributed by atoms with Crippen LogP contribution in [0, 0.1) is 0 Å². The van der Waals surface area contributed by atoms with Crippen molar-refractivity contribution < 1.29 is 100 Å². The number of primary amides is 1. The third-order valence-electron chi connectivity index (χ3n) is 13.3. The molecule has 0 spiro atoms. The maximum Gasteiger partial charge on any atom is 0.305 e. The van der Waals surface area contributed by atoms with Crippen LogP contribution in [-0.4, -0.2) is 290 Å². The van der Waals surface area contributed by atoms with Crippen LogP contribution in [0.1, 0.15) is 50.5 Å². The number of guanidine groups is 1. The molecule has 1 aliphatic heterocycles. The number of halogens is 1. The lowest BCUT2D eigenvalue weighted by Gasteiger charge is -2.26. The quantitative estimate of drug-likeness (QED) is 0.0165. The van der Waals surface area contributed by atoms with Crippen LogP contribution in [0.25, 0.3) is 0 Å². The van der Waals surface area contributed by atoms with E-state index >= 15 is 0 Å². The Hall–Kier alpha value is -7.31. The summed E-state index contributed by atoms with van der Waals surface area (Å²) in [4.78, 5) is 174. The minimum Gasteiger partial charge on any atom is -0.481 e. The summed E-state index contributed by atoms with van der Waals surface area (Å²) in [5, 5.41) is 37.8. The van der Waals surface area contributed by atoms with Crippen LogP contribution in [0.2, 0.25) is 0 Å². The number of hydrogen-bond donors (Lipinski definition) is 15. The SMILES string of the molecule is CSCC(=O)N[C@@H](CCCCNC(=O)COCC(=O)NCCOCCOCCOCCOCCOCCNC(=O)CSCCCF)C(=O)N[C@H]1CSCSC[C@@H](C(=O)N[C@@H](Cc2ccccc2)C(=O)NCC(N)=O)NC(=O)[C@H](CC(=O)O)NC(=O)CNC(=O)[C@H](CCCN=C(N)N)NC1=O. The first kappa shape index (κ1) is 88.8. The van der Waals surface area contributed by atoms with Crippen LogP contribution in [0.4, 0.5) is 4.39 Å². The van der Waals surface area contributed by atoms with Crippen LogP contribution in [0.5, 0.6) is 0 Å². The Morgan fingerprint density at radius 1 is 0.650 bits per heavy atom. The zero-order valence-corrected chi connectivity index (χ0v) is 59.3. The van der Waals surface area contributed by atoms with Crippen LogP contribution >= 0.6 is 47.0 Å². The number of carboxylic acids is 1. The first-order chi connectivity index (χ1) is 48.1. The van der Waals surface area contributed by atoms with E-state index in [-0.39, 0.29) is 99.2 Å². The molecule has 1 saturated heterocycles. The van der Waals surface area contributed by atoms with Crippen molar-refractivity contribution >= 4 is 130 Å². The number of carbonyl (C=O) groups excluding carboxylic acids is 12. The lowest BCUT2D eigenvalue weighted by Crippen LogP contribution is -2.59. The van der Waals surface area contributed by atoms with E-state index in [1.165, 1.54) is 23.5 Å². The smallest absolute Gasteiger partial charge is 0.305 e. The van der Waals surface area contributed by atoms with Crippen LogP contribution in [0.15, 0.2) is 35.3 Å². The van der Waals surface area contributed by atoms with E-state index in [9.17, 15) is 71.8 Å². The molecule has 0 unspecified atom stereocenters. The second kappa shape index (κ2) is 56.3. The highest BCUT2D eigenvalue weighted by Crippen LogP contribution is 2.17. The molecule has 1 aliphatic rings. The second-order valence-electron chi connectivity index (χ2n) is 21.6. The summed E-state index contributed by atoms with van der Waals surface area (Å²) >= 11 is 4.69. The maximum absolute atomic E-state index is 14.3. The van der Waals surface area contributed by atoms with Crippen LogP contribution < -0.4 is 75.7 Å². The van der Waals surface area contributed by atoms with Crippen LogP contribution in [-0.2, 0) is 97.2 Å². The van der Waals surface area contributed by atoms with Crippen molar-refractivity contribution in [3.8, 4) is 0 Å². The van der Waals surface area contributed by atoms with E-state index in [1.54, 1.807) is 36.6 Å². The molecule has 1 aromatic rings. The predicted molar refractivity (Wildman–Crippen MR) is 373 cm³/mol. The number of alkyl halides is 1. The number of aliphatic imine (C=N–C) groups is 1.